The van der Waals surface area contributed by atoms with Crippen LogP contribution in [-0.4, -0.2) is 67.6 Å². The third-order valence-electron chi connectivity index (χ3n) is 4.30. The number of likely N-dealkylation sites (N-methyl/N-ethyl adjacent to an activating group) is 1. The van der Waals surface area contributed by atoms with Gasteiger partial charge in [-0.2, -0.15) is 0 Å². The fourth-order valence-electron chi connectivity index (χ4n) is 3.20. The average molecular weight is 298 g/mol. The minimum absolute atomic E-state index is 0.238. The van der Waals surface area contributed by atoms with Crippen LogP contribution in [0.15, 0.2) is 0 Å². The third kappa shape index (κ3) is 5.57. The van der Waals surface area contributed by atoms with Crippen molar-refractivity contribution in [3.8, 4) is 0 Å². The van der Waals surface area contributed by atoms with Gasteiger partial charge in [-0.25, -0.2) is 0 Å². The van der Waals surface area contributed by atoms with E-state index in [9.17, 15) is 4.79 Å². The van der Waals surface area contributed by atoms with E-state index in [4.69, 9.17) is 5.73 Å². The molecule has 0 unspecified atom stereocenters. The maximum atomic E-state index is 12.9. The molecule has 0 aromatic rings. The number of hydrogen-bond donors (Lipinski definition) is 2. The topological polar surface area (TPSA) is 61.6 Å². The van der Waals surface area contributed by atoms with Crippen molar-refractivity contribution in [1.82, 2.24) is 15.1 Å². The first kappa shape index (κ1) is 18.4. The van der Waals surface area contributed by atoms with Crippen LogP contribution >= 0.6 is 0 Å². The van der Waals surface area contributed by atoms with Crippen LogP contribution in [0.25, 0.3) is 0 Å². The van der Waals surface area contributed by atoms with E-state index in [0.717, 1.165) is 45.2 Å². The van der Waals surface area contributed by atoms with Crippen LogP contribution in [0.5, 0.6) is 0 Å². The third-order valence-corrected chi connectivity index (χ3v) is 4.30. The van der Waals surface area contributed by atoms with Crippen LogP contribution in [0.3, 0.4) is 0 Å². The summed E-state index contributed by atoms with van der Waals surface area (Å²) in [7, 11) is 6.05. The minimum atomic E-state index is -0.406. The molecule has 0 aliphatic heterocycles. The second-order valence-corrected chi connectivity index (χ2v) is 7.10. The Labute approximate surface area is 130 Å². The van der Waals surface area contributed by atoms with Gasteiger partial charge in [0.05, 0.1) is 5.54 Å². The van der Waals surface area contributed by atoms with Gasteiger partial charge in [0, 0.05) is 25.7 Å². The van der Waals surface area contributed by atoms with E-state index >= 15 is 0 Å². The van der Waals surface area contributed by atoms with Gasteiger partial charge in [-0.1, -0.05) is 0 Å². The molecule has 0 aromatic heterocycles. The summed E-state index contributed by atoms with van der Waals surface area (Å²) in [6, 6.07) is 0.553. The average Bonchev–Trinajstić information content (AvgIpc) is 2.39. The van der Waals surface area contributed by atoms with Crippen molar-refractivity contribution in [2.75, 3.05) is 34.2 Å². The molecule has 3 N–H and O–H groups in total. The number of nitrogens with zero attached hydrogens (tertiary/aromatic N) is 2. The number of amides is 1. The van der Waals surface area contributed by atoms with Gasteiger partial charge in [0.15, 0.2) is 0 Å². The molecule has 5 heteroatoms. The molecule has 0 radical (unpaired) electrons. The van der Waals surface area contributed by atoms with Crippen molar-refractivity contribution in [3.05, 3.63) is 0 Å². The molecule has 21 heavy (non-hydrogen) atoms. The maximum Gasteiger partial charge on any atom is 0.242 e. The van der Waals surface area contributed by atoms with Gasteiger partial charge in [0.2, 0.25) is 5.91 Å². The molecule has 0 spiro atoms. The Balaban J connectivity index is 2.66. The number of rotatable bonds is 7. The summed E-state index contributed by atoms with van der Waals surface area (Å²) in [4.78, 5) is 17.0. The van der Waals surface area contributed by atoms with E-state index in [-0.39, 0.29) is 11.9 Å². The van der Waals surface area contributed by atoms with Crippen molar-refractivity contribution in [2.24, 2.45) is 5.73 Å². The predicted octanol–water partition coefficient (Wildman–Crippen LogP) is 1.03. The first-order valence-corrected chi connectivity index (χ1v) is 8.20. The minimum Gasteiger partial charge on any atom is -0.344 e. The van der Waals surface area contributed by atoms with E-state index in [1.165, 1.54) is 0 Å². The maximum absolute atomic E-state index is 12.9. The molecule has 0 bridgehead atoms. The molecule has 5 nitrogen and oxygen atoms in total. The highest BCUT2D eigenvalue weighted by Gasteiger charge is 2.42. The Kier molecular flexibility index (Phi) is 7.10. The molecule has 1 saturated carbocycles. The van der Waals surface area contributed by atoms with Crippen molar-refractivity contribution in [2.45, 2.75) is 63.6 Å². The molecule has 124 valence electrons. The van der Waals surface area contributed by atoms with Gasteiger partial charge < -0.3 is 20.9 Å². The van der Waals surface area contributed by atoms with E-state index in [1.54, 1.807) is 0 Å². The van der Waals surface area contributed by atoms with Gasteiger partial charge in [-0.15, -0.1) is 0 Å². The van der Waals surface area contributed by atoms with E-state index in [1.807, 2.05) is 11.9 Å². The van der Waals surface area contributed by atoms with E-state index in [0.29, 0.717) is 6.04 Å². The lowest BCUT2D eigenvalue weighted by atomic mass is 9.78. The smallest absolute Gasteiger partial charge is 0.242 e. The SMILES string of the molecule is CC(C)NC1(C(=O)N(C)CCCN(C)C)CCC(N)CC1. The molecule has 1 amide bonds. The second-order valence-electron chi connectivity index (χ2n) is 7.10. The van der Waals surface area contributed by atoms with Gasteiger partial charge in [0.25, 0.3) is 0 Å². The predicted molar refractivity (Wildman–Crippen MR) is 88.3 cm³/mol. The fraction of sp³-hybridized carbons (Fsp3) is 0.938. The largest absolute Gasteiger partial charge is 0.344 e. The van der Waals surface area contributed by atoms with Crippen LogP contribution in [0, 0.1) is 0 Å². The van der Waals surface area contributed by atoms with Crippen molar-refractivity contribution < 1.29 is 4.79 Å². The molecule has 0 saturated heterocycles. The first-order valence-electron chi connectivity index (χ1n) is 8.20. The van der Waals surface area contributed by atoms with Crippen LogP contribution in [0.2, 0.25) is 0 Å². The summed E-state index contributed by atoms with van der Waals surface area (Å²) >= 11 is 0. The number of nitrogens with two attached hydrogens (primary N) is 1. The quantitative estimate of drug-likeness (QED) is 0.737. The van der Waals surface area contributed by atoms with Crippen molar-refractivity contribution >= 4 is 5.91 Å². The van der Waals surface area contributed by atoms with Crippen LogP contribution in [-0.2, 0) is 4.79 Å². The Hall–Kier alpha value is -0.650. The molecule has 0 atom stereocenters. The molecule has 1 fully saturated rings. The molecular weight excluding hydrogens is 264 g/mol. The molecular formula is C16H34N4O. The highest BCUT2D eigenvalue weighted by atomic mass is 16.2. The summed E-state index contributed by atoms with van der Waals surface area (Å²) in [5.41, 5.74) is 5.61. The number of nitrogens with one attached hydrogen (secondary N) is 1. The van der Waals surface area contributed by atoms with Gasteiger partial charge >= 0.3 is 0 Å². The Morgan fingerprint density at radius 1 is 1.24 bits per heavy atom. The molecule has 1 aliphatic rings. The summed E-state index contributed by atoms with van der Waals surface area (Å²) in [6.45, 7) is 6.03. The first-order chi connectivity index (χ1) is 9.77. The Bertz CT molecular complexity index is 322. The van der Waals surface area contributed by atoms with Crippen LogP contribution in [0.4, 0.5) is 0 Å². The summed E-state index contributed by atoms with van der Waals surface area (Å²) in [5, 5.41) is 3.54. The number of carbonyl (C=O) groups is 1. The molecule has 0 aromatic carbocycles. The lowest BCUT2D eigenvalue weighted by Gasteiger charge is -2.42. The highest BCUT2D eigenvalue weighted by molar-refractivity contribution is 5.86. The summed E-state index contributed by atoms with van der Waals surface area (Å²) < 4.78 is 0. The lowest BCUT2D eigenvalue weighted by Crippen LogP contribution is -2.61. The Morgan fingerprint density at radius 2 is 1.81 bits per heavy atom. The van der Waals surface area contributed by atoms with Gasteiger partial charge in [-0.05, 0) is 66.6 Å². The molecule has 0 heterocycles. The zero-order valence-electron chi connectivity index (χ0n) is 14.5. The summed E-state index contributed by atoms with van der Waals surface area (Å²) in [6.07, 6.45) is 4.56. The monoisotopic (exact) mass is 298 g/mol. The normalized spacial score (nSPS) is 26.4. The fourth-order valence-corrected chi connectivity index (χ4v) is 3.20. The summed E-state index contributed by atoms with van der Waals surface area (Å²) in [5.74, 6) is 0.238. The van der Waals surface area contributed by atoms with Gasteiger partial charge in [0.1, 0.15) is 0 Å². The van der Waals surface area contributed by atoms with Gasteiger partial charge in [-0.3, -0.25) is 4.79 Å². The van der Waals surface area contributed by atoms with E-state index < -0.39 is 5.54 Å². The van der Waals surface area contributed by atoms with E-state index in [2.05, 4.69) is 38.2 Å². The Morgan fingerprint density at radius 3 is 2.29 bits per heavy atom. The zero-order valence-corrected chi connectivity index (χ0v) is 14.5. The van der Waals surface area contributed by atoms with Crippen LogP contribution in [0.1, 0.15) is 46.0 Å². The van der Waals surface area contributed by atoms with Crippen molar-refractivity contribution in [3.63, 3.8) is 0 Å². The van der Waals surface area contributed by atoms with Crippen molar-refractivity contribution in [1.29, 1.82) is 0 Å². The zero-order chi connectivity index (χ0) is 16.0. The number of hydrogen-bond acceptors (Lipinski definition) is 4. The van der Waals surface area contributed by atoms with Crippen LogP contribution < -0.4 is 11.1 Å². The molecule has 1 rings (SSSR count). The standard InChI is InChI=1S/C16H34N4O/c1-13(2)18-16(9-7-14(17)8-10-16)15(21)20(5)12-6-11-19(3)4/h13-14,18H,6-12,17H2,1-5H3. The molecule has 1 aliphatic carbocycles. The second kappa shape index (κ2) is 8.11. The number of carbonyl (C=O) groups excluding carboxylic acids is 1. The lowest BCUT2D eigenvalue weighted by molar-refractivity contribution is -0.139. The highest BCUT2D eigenvalue weighted by Crippen LogP contribution is 2.30.